The summed E-state index contributed by atoms with van der Waals surface area (Å²) in [6.07, 6.45) is 5.77. The van der Waals surface area contributed by atoms with Crippen molar-refractivity contribution in [1.82, 2.24) is 15.5 Å². The lowest BCUT2D eigenvalue weighted by Gasteiger charge is -2.15. The molecule has 1 aliphatic rings. The van der Waals surface area contributed by atoms with Gasteiger partial charge in [-0.05, 0) is 37.7 Å². The van der Waals surface area contributed by atoms with E-state index >= 15 is 0 Å². The van der Waals surface area contributed by atoms with Crippen LogP contribution in [0.1, 0.15) is 34.6 Å². The van der Waals surface area contributed by atoms with Gasteiger partial charge in [0.15, 0.2) is 5.69 Å². The lowest BCUT2D eigenvalue weighted by molar-refractivity contribution is 0.0909. The summed E-state index contributed by atoms with van der Waals surface area (Å²) < 4.78 is 0. The van der Waals surface area contributed by atoms with E-state index in [-0.39, 0.29) is 18.6 Å². The molecule has 3 N–H and O–H groups in total. The molecule has 1 heterocycles. The van der Waals surface area contributed by atoms with Crippen LogP contribution in [0.25, 0.3) is 0 Å². The molecule has 0 aliphatic heterocycles. The number of aromatic amines is 1. The van der Waals surface area contributed by atoms with Crippen LogP contribution in [0.2, 0.25) is 0 Å². The third-order valence-electron chi connectivity index (χ3n) is 3.25. The maximum atomic E-state index is 12.1. The van der Waals surface area contributed by atoms with Crippen LogP contribution in [0.4, 0.5) is 0 Å². The number of rotatable bonds is 6. The highest BCUT2D eigenvalue weighted by molar-refractivity contribution is 7.98. The molecule has 1 amide bonds. The molecule has 6 heteroatoms. The minimum absolute atomic E-state index is 0.0289. The quantitative estimate of drug-likeness (QED) is 0.712. The van der Waals surface area contributed by atoms with Crippen LogP contribution >= 0.6 is 11.8 Å². The molecule has 0 unspecified atom stereocenters. The SMILES string of the molecule is CSCC[C@H](CO)NC(=O)c1n[nH]c2c1CCC2. The fourth-order valence-electron chi connectivity index (χ4n) is 2.23. The molecule has 1 aromatic rings. The molecule has 1 atom stereocenters. The maximum absolute atomic E-state index is 12.1. The summed E-state index contributed by atoms with van der Waals surface area (Å²) in [6, 6.07) is -0.182. The van der Waals surface area contributed by atoms with Gasteiger partial charge in [-0.25, -0.2) is 0 Å². The van der Waals surface area contributed by atoms with Gasteiger partial charge in [0.1, 0.15) is 0 Å². The van der Waals surface area contributed by atoms with Gasteiger partial charge in [-0.2, -0.15) is 16.9 Å². The molecule has 0 fully saturated rings. The van der Waals surface area contributed by atoms with Crippen LogP contribution in [0.15, 0.2) is 0 Å². The molecular formula is C12H19N3O2S. The van der Waals surface area contributed by atoms with Gasteiger partial charge in [0.05, 0.1) is 12.6 Å². The Labute approximate surface area is 111 Å². The van der Waals surface area contributed by atoms with Gasteiger partial charge in [-0.15, -0.1) is 0 Å². The van der Waals surface area contributed by atoms with Crippen LogP contribution in [-0.4, -0.2) is 45.9 Å². The number of aliphatic hydroxyl groups excluding tert-OH is 1. The third-order valence-corrected chi connectivity index (χ3v) is 3.89. The second kappa shape index (κ2) is 6.24. The fraction of sp³-hybridized carbons (Fsp3) is 0.667. The topological polar surface area (TPSA) is 78.0 Å². The molecule has 100 valence electrons. The number of hydrogen-bond donors (Lipinski definition) is 3. The van der Waals surface area contributed by atoms with Gasteiger partial charge >= 0.3 is 0 Å². The molecule has 1 aromatic heterocycles. The van der Waals surface area contributed by atoms with E-state index in [0.29, 0.717) is 5.69 Å². The van der Waals surface area contributed by atoms with Crippen molar-refractivity contribution in [3.63, 3.8) is 0 Å². The van der Waals surface area contributed by atoms with Crippen molar-refractivity contribution in [2.24, 2.45) is 0 Å². The molecular weight excluding hydrogens is 250 g/mol. The number of aryl methyl sites for hydroxylation is 1. The summed E-state index contributed by atoms with van der Waals surface area (Å²) >= 11 is 1.71. The Hall–Kier alpha value is -1.01. The molecule has 5 nitrogen and oxygen atoms in total. The zero-order chi connectivity index (χ0) is 13.0. The van der Waals surface area contributed by atoms with E-state index in [0.717, 1.165) is 42.7 Å². The Morgan fingerprint density at radius 1 is 1.61 bits per heavy atom. The van der Waals surface area contributed by atoms with Crippen molar-refractivity contribution in [1.29, 1.82) is 0 Å². The molecule has 0 saturated carbocycles. The number of aromatic nitrogens is 2. The molecule has 2 rings (SSSR count). The van der Waals surface area contributed by atoms with E-state index in [2.05, 4.69) is 15.5 Å². The Balaban J connectivity index is 1.98. The van der Waals surface area contributed by atoms with Crippen molar-refractivity contribution in [2.75, 3.05) is 18.6 Å². The van der Waals surface area contributed by atoms with Crippen molar-refractivity contribution >= 4 is 17.7 Å². The molecule has 0 spiro atoms. The number of fused-ring (bicyclic) bond motifs is 1. The summed E-state index contributed by atoms with van der Waals surface area (Å²) in [4.78, 5) is 12.1. The lowest BCUT2D eigenvalue weighted by Crippen LogP contribution is -2.38. The number of H-pyrrole nitrogens is 1. The molecule has 0 aromatic carbocycles. The summed E-state index contributed by atoms with van der Waals surface area (Å²) in [5.41, 5.74) is 2.64. The highest BCUT2D eigenvalue weighted by Crippen LogP contribution is 2.22. The first-order valence-electron chi connectivity index (χ1n) is 6.23. The standard InChI is InChI=1S/C12H19N3O2S/c1-18-6-5-8(7-16)13-12(17)11-9-3-2-4-10(9)14-15-11/h8,16H,2-7H2,1H3,(H,13,17)(H,14,15)/t8-/m1/s1. The van der Waals surface area contributed by atoms with E-state index < -0.39 is 0 Å². The van der Waals surface area contributed by atoms with Crippen molar-refractivity contribution in [2.45, 2.75) is 31.7 Å². The number of nitrogens with zero attached hydrogens (tertiary/aromatic N) is 1. The third kappa shape index (κ3) is 2.87. The van der Waals surface area contributed by atoms with Gasteiger partial charge in [-0.1, -0.05) is 0 Å². The fourth-order valence-corrected chi connectivity index (χ4v) is 2.75. The van der Waals surface area contributed by atoms with Crippen LogP contribution in [0.3, 0.4) is 0 Å². The molecule has 0 bridgehead atoms. The smallest absolute Gasteiger partial charge is 0.272 e. The van der Waals surface area contributed by atoms with E-state index in [9.17, 15) is 9.90 Å². The predicted octanol–water partition coefficient (Wildman–Crippen LogP) is 0.742. The normalized spacial score (nSPS) is 15.4. The first-order chi connectivity index (χ1) is 8.76. The zero-order valence-corrected chi connectivity index (χ0v) is 11.3. The van der Waals surface area contributed by atoms with Gasteiger partial charge < -0.3 is 10.4 Å². The highest BCUT2D eigenvalue weighted by Gasteiger charge is 2.24. The van der Waals surface area contributed by atoms with Gasteiger partial charge in [0.25, 0.3) is 5.91 Å². The molecule has 0 saturated heterocycles. The maximum Gasteiger partial charge on any atom is 0.272 e. The minimum Gasteiger partial charge on any atom is -0.394 e. The van der Waals surface area contributed by atoms with Crippen molar-refractivity contribution in [3.8, 4) is 0 Å². The minimum atomic E-state index is -0.182. The van der Waals surface area contributed by atoms with Gasteiger partial charge in [0.2, 0.25) is 0 Å². The lowest BCUT2D eigenvalue weighted by atomic mass is 10.1. The highest BCUT2D eigenvalue weighted by atomic mass is 32.2. The number of thioether (sulfide) groups is 1. The Kier molecular flexibility index (Phi) is 4.66. The predicted molar refractivity (Wildman–Crippen MR) is 72.0 cm³/mol. The number of carbonyl (C=O) groups is 1. The van der Waals surface area contributed by atoms with Crippen LogP contribution in [0, 0.1) is 0 Å². The zero-order valence-electron chi connectivity index (χ0n) is 10.5. The molecule has 1 aliphatic carbocycles. The first kappa shape index (κ1) is 13.4. The average Bonchev–Trinajstić information content (AvgIpc) is 2.96. The Morgan fingerprint density at radius 3 is 3.17 bits per heavy atom. The number of aliphatic hydroxyl groups is 1. The van der Waals surface area contributed by atoms with E-state index in [1.54, 1.807) is 11.8 Å². The van der Waals surface area contributed by atoms with Crippen LogP contribution < -0.4 is 5.32 Å². The van der Waals surface area contributed by atoms with Crippen LogP contribution in [-0.2, 0) is 12.8 Å². The first-order valence-corrected chi connectivity index (χ1v) is 7.62. The average molecular weight is 269 g/mol. The number of carbonyl (C=O) groups excluding carboxylic acids is 1. The largest absolute Gasteiger partial charge is 0.394 e. The second-order valence-electron chi connectivity index (χ2n) is 4.52. The van der Waals surface area contributed by atoms with Crippen molar-refractivity contribution < 1.29 is 9.90 Å². The van der Waals surface area contributed by atoms with Crippen LogP contribution in [0.5, 0.6) is 0 Å². The molecule has 18 heavy (non-hydrogen) atoms. The van der Waals surface area contributed by atoms with Crippen molar-refractivity contribution in [3.05, 3.63) is 17.0 Å². The van der Waals surface area contributed by atoms with Gasteiger partial charge in [-0.3, -0.25) is 9.89 Å². The Morgan fingerprint density at radius 2 is 2.44 bits per heavy atom. The van der Waals surface area contributed by atoms with E-state index in [4.69, 9.17) is 0 Å². The summed E-state index contributed by atoms with van der Waals surface area (Å²) in [5, 5.41) is 19.1. The summed E-state index contributed by atoms with van der Waals surface area (Å²) in [6.45, 7) is -0.0289. The van der Waals surface area contributed by atoms with E-state index in [1.165, 1.54) is 0 Å². The summed E-state index contributed by atoms with van der Waals surface area (Å²) in [5.74, 6) is 0.749. The number of nitrogens with one attached hydrogen (secondary N) is 2. The number of amides is 1. The van der Waals surface area contributed by atoms with Gasteiger partial charge in [0, 0.05) is 11.3 Å². The van der Waals surface area contributed by atoms with E-state index in [1.807, 2.05) is 6.26 Å². The summed E-state index contributed by atoms with van der Waals surface area (Å²) in [7, 11) is 0. The number of hydrogen-bond acceptors (Lipinski definition) is 4. The monoisotopic (exact) mass is 269 g/mol. The second-order valence-corrected chi connectivity index (χ2v) is 5.50. The molecule has 0 radical (unpaired) electrons. The Bertz CT molecular complexity index is 419.